The molecule has 5 nitrogen and oxygen atoms in total. The second kappa shape index (κ2) is 2.54. The predicted octanol–water partition coefficient (Wildman–Crippen LogP) is -1.06. The maximum atomic E-state index is 11.4. The van der Waals surface area contributed by atoms with Crippen LogP contribution in [0.15, 0.2) is 11.8 Å². The summed E-state index contributed by atoms with van der Waals surface area (Å²) in [6.45, 7) is 1.14. The van der Waals surface area contributed by atoms with Crippen LogP contribution in [0.3, 0.4) is 0 Å². The molecule has 2 N–H and O–H groups in total. The molecule has 1 fully saturated rings. The van der Waals surface area contributed by atoms with Crippen molar-refractivity contribution in [1.29, 1.82) is 0 Å². The Hall–Kier alpha value is -0.910. The standard InChI is InChI=1S/C8H10O5/c1-4(10)8-6(11)2-5(3-9)12-7(8)13-8/h2,4,7,9-10H,3H2,1H3. The van der Waals surface area contributed by atoms with Crippen LogP contribution >= 0.6 is 0 Å². The van der Waals surface area contributed by atoms with E-state index < -0.39 is 18.0 Å². The highest BCUT2D eigenvalue weighted by atomic mass is 16.8. The van der Waals surface area contributed by atoms with Crippen molar-refractivity contribution in [2.45, 2.75) is 24.9 Å². The number of hydrogen-bond acceptors (Lipinski definition) is 5. The fourth-order valence-corrected chi connectivity index (χ4v) is 1.44. The number of aliphatic hydroxyl groups excluding tert-OH is 2. The minimum atomic E-state index is -1.21. The van der Waals surface area contributed by atoms with Crippen LogP contribution in [-0.4, -0.2) is 40.6 Å². The van der Waals surface area contributed by atoms with Gasteiger partial charge in [-0.25, -0.2) is 0 Å². The number of aliphatic hydroxyl groups is 2. The van der Waals surface area contributed by atoms with Crippen molar-refractivity contribution >= 4 is 5.78 Å². The van der Waals surface area contributed by atoms with Crippen molar-refractivity contribution in [3.05, 3.63) is 11.8 Å². The van der Waals surface area contributed by atoms with Crippen LogP contribution in [0.5, 0.6) is 0 Å². The third-order valence-electron chi connectivity index (χ3n) is 2.31. The summed E-state index contributed by atoms with van der Waals surface area (Å²) in [5, 5.41) is 18.0. The molecule has 0 aromatic rings. The Labute approximate surface area is 74.6 Å². The highest BCUT2D eigenvalue weighted by Crippen LogP contribution is 2.45. The lowest BCUT2D eigenvalue weighted by atomic mass is 9.96. The third-order valence-corrected chi connectivity index (χ3v) is 2.31. The first-order chi connectivity index (χ1) is 6.11. The van der Waals surface area contributed by atoms with Gasteiger partial charge in [-0.2, -0.15) is 0 Å². The molecule has 3 atom stereocenters. The molecule has 2 aliphatic rings. The molecule has 13 heavy (non-hydrogen) atoms. The van der Waals surface area contributed by atoms with Gasteiger partial charge in [0.05, 0.1) is 6.10 Å². The number of epoxide rings is 1. The monoisotopic (exact) mass is 186 g/mol. The van der Waals surface area contributed by atoms with Gasteiger partial charge in [-0.1, -0.05) is 0 Å². The average molecular weight is 186 g/mol. The van der Waals surface area contributed by atoms with E-state index in [1.165, 1.54) is 6.92 Å². The van der Waals surface area contributed by atoms with Gasteiger partial charge in [-0.3, -0.25) is 4.79 Å². The number of ether oxygens (including phenoxy) is 2. The zero-order valence-corrected chi connectivity index (χ0v) is 7.06. The van der Waals surface area contributed by atoms with Crippen molar-refractivity contribution in [2.24, 2.45) is 0 Å². The Bertz CT molecular complexity index is 282. The van der Waals surface area contributed by atoms with Crippen LogP contribution in [0.1, 0.15) is 6.92 Å². The lowest BCUT2D eigenvalue weighted by Gasteiger charge is -2.17. The van der Waals surface area contributed by atoms with Gasteiger partial charge in [-0.15, -0.1) is 0 Å². The average Bonchev–Trinajstić information content (AvgIpc) is 2.80. The first kappa shape index (κ1) is 8.68. The molecule has 5 heteroatoms. The molecule has 0 radical (unpaired) electrons. The molecular formula is C8H10O5. The van der Waals surface area contributed by atoms with E-state index in [1.54, 1.807) is 0 Å². The fraction of sp³-hybridized carbons (Fsp3) is 0.625. The molecule has 0 aromatic heterocycles. The molecule has 2 heterocycles. The number of ketones is 1. The van der Waals surface area contributed by atoms with E-state index >= 15 is 0 Å². The fourth-order valence-electron chi connectivity index (χ4n) is 1.44. The second-order valence-corrected chi connectivity index (χ2v) is 3.17. The molecule has 72 valence electrons. The molecule has 0 bridgehead atoms. The van der Waals surface area contributed by atoms with Crippen molar-refractivity contribution in [1.82, 2.24) is 0 Å². The van der Waals surface area contributed by atoms with Gasteiger partial charge in [0, 0.05) is 6.08 Å². The van der Waals surface area contributed by atoms with Crippen LogP contribution in [-0.2, 0) is 14.3 Å². The lowest BCUT2D eigenvalue weighted by Crippen LogP contribution is -2.40. The van der Waals surface area contributed by atoms with Crippen molar-refractivity contribution in [3.8, 4) is 0 Å². The SMILES string of the molecule is CC(O)C12OC1OC(CO)=CC2=O. The maximum absolute atomic E-state index is 11.4. The van der Waals surface area contributed by atoms with E-state index in [1.807, 2.05) is 0 Å². The quantitative estimate of drug-likeness (QED) is 0.537. The molecule has 2 rings (SSSR count). The van der Waals surface area contributed by atoms with Crippen molar-refractivity contribution in [3.63, 3.8) is 0 Å². The van der Waals surface area contributed by atoms with Gasteiger partial charge in [0.1, 0.15) is 12.4 Å². The van der Waals surface area contributed by atoms with Gasteiger partial charge < -0.3 is 19.7 Å². The molecule has 0 spiro atoms. The van der Waals surface area contributed by atoms with Crippen LogP contribution in [0.2, 0.25) is 0 Å². The summed E-state index contributed by atoms with van der Waals surface area (Å²) in [5.41, 5.74) is -1.21. The molecule has 0 aromatic carbocycles. The second-order valence-electron chi connectivity index (χ2n) is 3.17. The van der Waals surface area contributed by atoms with Crippen LogP contribution in [0.4, 0.5) is 0 Å². The lowest BCUT2D eigenvalue weighted by molar-refractivity contribution is -0.124. The molecule has 2 aliphatic heterocycles. The molecule has 1 saturated heterocycles. The number of carbonyl (C=O) groups is 1. The minimum Gasteiger partial charge on any atom is -0.463 e. The summed E-state index contributed by atoms with van der Waals surface area (Å²) < 4.78 is 10.0. The molecule has 3 unspecified atom stereocenters. The van der Waals surface area contributed by atoms with E-state index in [0.717, 1.165) is 6.08 Å². The summed E-state index contributed by atoms with van der Waals surface area (Å²) >= 11 is 0. The number of hydrogen-bond donors (Lipinski definition) is 2. The minimum absolute atomic E-state index is 0.184. The van der Waals surface area contributed by atoms with Crippen LogP contribution in [0.25, 0.3) is 0 Å². The van der Waals surface area contributed by atoms with Gasteiger partial charge in [0.15, 0.2) is 5.78 Å². The third kappa shape index (κ3) is 1.01. The van der Waals surface area contributed by atoms with E-state index in [4.69, 9.17) is 14.6 Å². The van der Waals surface area contributed by atoms with Gasteiger partial charge in [-0.05, 0) is 6.92 Å². The summed E-state index contributed by atoms with van der Waals surface area (Å²) in [5.74, 6) is -0.161. The summed E-state index contributed by atoms with van der Waals surface area (Å²) in [6, 6.07) is 0. The van der Waals surface area contributed by atoms with Gasteiger partial charge >= 0.3 is 0 Å². The summed E-state index contributed by atoms with van der Waals surface area (Å²) in [7, 11) is 0. The molecule has 0 saturated carbocycles. The first-order valence-corrected chi connectivity index (χ1v) is 3.99. The van der Waals surface area contributed by atoms with Gasteiger partial charge in [0.2, 0.25) is 11.9 Å². The first-order valence-electron chi connectivity index (χ1n) is 3.99. The molecule has 0 amide bonds. The highest BCUT2D eigenvalue weighted by Gasteiger charge is 2.69. The maximum Gasteiger partial charge on any atom is 0.240 e. The Kier molecular flexibility index (Phi) is 1.69. The van der Waals surface area contributed by atoms with Crippen molar-refractivity contribution < 1.29 is 24.5 Å². The van der Waals surface area contributed by atoms with E-state index in [0.29, 0.717) is 0 Å². The van der Waals surface area contributed by atoms with E-state index in [2.05, 4.69) is 0 Å². The highest BCUT2D eigenvalue weighted by molar-refractivity contribution is 6.01. The zero-order valence-electron chi connectivity index (χ0n) is 7.06. The topological polar surface area (TPSA) is 79.3 Å². The summed E-state index contributed by atoms with van der Waals surface area (Å²) in [6.07, 6.45) is -0.468. The number of fused-ring (bicyclic) bond motifs is 1. The molecule has 0 aliphatic carbocycles. The van der Waals surface area contributed by atoms with E-state index in [-0.39, 0.29) is 18.1 Å². The Morgan fingerprint density at radius 2 is 2.46 bits per heavy atom. The van der Waals surface area contributed by atoms with Gasteiger partial charge in [0.25, 0.3) is 0 Å². The van der Waals surface area contributed by atoms with Crippen LogP contribution in [0, 0.1) is 0 Å². The number of carbonyl (C=O) groups excluding carboxylic acids is 1. The van der Waals surface area contributed by atoms with E-state index in [9.17, 15) is 9.90 Å². The van der Waals surface area contributed by atoms with Crippen LogP contribution < -0.4 is 0 Å². The molecular weight excluding hydrogens is 176 g/mol. The smallest absolute Gasteiger partial charge is 0.240 e. The predicted molar refractivity (Wildman–Crippen MR) is 40.5 cm³/mol. The van der Waals surface area contributed by atoms with Crippen molar-refractivity contribution in [2.75, 3.05) is 6.61 Å². The zero-order chi connectivity index (χ0) is 9.64. The largest absolute Gasteiger partial charge is 0.463 e. The Morgan fingerprint density at radius 1 is 1.77 bits per heavy atom. The Balaban J connectivity index is 2.24. The normalized spacial score (nSPS) is 38.8. The number of rotatable bonds is 2. The Morgan fingerprint density at radius 3 is 2.92 bits per heavy atom. The summed E-state index contributed by atoms with van der Waals surface area (Å²) in [4.78, 5) is 11.4.